The van der Waals surface area contributed by atoms with Crippen LogP contribution in [0.25, 0.3) is 0 Å². The van der Waals surface area contributed by atoms with E-state index in [4.69, 9.17) is 9.47 Å². The Bertz CT molecular complexity index is 425. The molecule has 1 aromatic rings. The third kappa shape index (κ3) is 3.70. The van der Waals surface area contributed by atoms with Gasteiger partial charge in [0.15, 0.2) is 0 Å². The van der Waals surface area contributed by atoms with E-state index in [9.17, 15) is 4.79 Å². The van der Waals surface area contributed by atoms with Crippen LogP contribution in [0.3, 0.4) is 0 Å². The predicted octanol–water partition coefficient (Wildman–Crippen LogP) is 3.00. The summed E-state index contributed by atoms with van der Waals surface area (Å²) in [6.45, 7) is 7.27. The zero-order valence-corrected chi connectivity index (χ0v) is 11.8. The molecule has 1 aliphatic heterocycles. The summed E-state index contributed by atoms with van der Waals surface area (Å²) in [7, 11) is 0. The number of amides is 1. The van der Waals surface area contributed by atoms with Crippen molar-refractivity contribution in [1.82, 2.24) is 4.90 Å². The molecule has 0 aliphatic carbocycles. The summed E-state index contributed by atoms with van der Waals surface area (Å²) in [6, 6.07) is 9.86. The maximum Gasteiger partial charge on any atom is 0.410 e. The van der Waals surface area contributed by atoms with E-state index in [1.54, 1.807) is 4.90 Å². The lowest BCUT2D eigenvalue weighted by Gasteiger charge is -2.36. The van der Waals surface area contributed by atoms with Gasteiger partial charge in [-0.15, -0.1) is 0 Å². The highest BCUT2D eigenvalue weighted by atomic mass is 16.6. The van der Waals surface area contributed by atoms with Crippen molar-refractivity contribution in [1.29, 1.82) is 0 Å². The van der Waals surface area contributed by atoms with Crippen molar-refractivity contribution in [2.24, 2.45) is 0 Å². The normalized spacial score (nSPS) is 20.2. The first-order valence-corrected chi connectivity index (χ1v) is 6.60. The first-order valence-electron chi connectivity index (χ1n) is 6.60. The summed E-state index contributed by atoms with van der Waals surface area (Å²) in [4.78, 5) is 14.0. The zero-order valence-electron chi connectivity index (χ0n) is 11.8. The smallest absolute Gasteiger partial charge is 0.410 e. The lowest BCUT2D eigenvalue weighted by Crippen LogP contribution is -2.45. The van der Waals surface area contributed by atoms with Crippen LogP contribution in [0, 0.1) is 0 Å². The van der Waals surface area contributed by atoms with Crippen LogP contribution < -0.4 is 0 Å². The monoisotopic (exact) mass is 263 g/mol. The van der Waals surface area contributed by atoms with E-state index in [2.05, 4.69) is 0 Å². The highest BCUT2D eigenvalue weighted by Gasteiger charge is 2.31. The van der Waals surface area contributed by atoms with Crippen LogP contribution in [0.2, 0.25) is 0 Å². The summed E-state index contributed by atoms with van der Waals surface area (Å²) >= 11 is 0. The molecule has 0 saturated carbocycles. The number of morpholine rings is 1. The lowest BCUT2D eigenvalue weighted by molar-refractivity contribution is -0.0331. The molecule has 0 unspecified atom stereocenters. The van der Waals surface area contributed by atoms with Crippen LogP contribution >= 0.6 is 0 Å². The molecule has 0 bridgehead atoms. The van der Waals surface area contributed by atoms with Crippen LogP contribution in [0.15, 0.2) is 30.3 Å². The van der Waals surface area contributed by atoms with E-state index in [1.165, 1.54) is 0 Å². The third-order valence-electron chi connectivity index (χ3n) is 2.94. The molecule has 0 N–H and O–H groups in total. The Morgan fingerprint density at radius 2 is 2.00 bits per heavy atom. The first kappa shape index (κ1) is 13.9. The number of rotatable bonds is 1. The second-order valence-electron chi connectivity index (χ2n) is 5.68. The molecule has 1 amide bonds. The van der Waals surface area contributed by atoms with Gasteiger partial charge in [-0.25, -0.2) is 4.79 Å². The van der Waals surface area contributed by atoms with Gasteiger partial charge in [-0.2, -0.15) is 0 Å². The molecule has 2 rings (SSSR count). The Morgan fingerprint density at radius 3 is 2.63 bits per heavy atom. The molecule has 0 radical (unpaired) electrons. The van der Waals surface area contributed by atoms with Crippen molar-refractivity contribution in [2.45, 2.75) is 32.4 Å². The van der Waals surface area contributed by atoms with Crippen LogP contribution in [0.5, 0.6) is 0 Å². The van der Waals surface area contributed by atoms with Gasteiger partial charge in [0.1, 0.15) is 5.60 Å². The average Bonchev–Trinajstić information content (AvgIpc) is 2.38. The minimum absolute atomic E-state index is 0.0650. The fourth-order valence-corrected chi connectivity index (χ4v) is 2.09. The van der Waals surface area contributed by atoms with Crippen molar-refractivity contribution < 1.29 is 14.3 Å². The Balaban J connectivity index is 2.15. The van der Waals surface area contributed by atoms with E-state index >= 15 is 0 Å². The number of hydrogen-bond acceptors (Lipinski definition) is 3. The largest absolute Gasteiger partial charge is 0.444 e. The molecule has 1 heterocycles. The minimum atomic E-state index is -0.476. The van der Waals surface area contributed by atoms with Gasteiger partial charge in [-0.1, -0.05) is 30.3 Å². The molecule has 19 heavy (non-hydrogen) atoms. The highest BCUT2D eigenvalue weighted by molar-refractivity contribution is 5.69. The number of hydrogen-bond donors (Lipinski definition) is 0. The minimum Gasteiger partial charge on any atom is -0.444 e. The standard InChI is InChI=1S/C15H21NO3/c1-15(2,3)19-14(17)16-9-10-18-11-13(16)12-7-5-4-6-8-12/h4-8,13H,9-11H2,1-3H3/t13-/m0/s1. The summed E-state index contributed by atoms with van der Waals surface area (Å²) in [6.07, 6.45) is -0.273. The van der Waals surface area contributed by atoms with Crippen LogP contribution in [0.1, 0.15) is 32.4 Å². The van der Waals surface area contributed by atoms with Gasteiger partial charge in [0.05, 0.1) is 19.3 Å². The van der Waals surface area contributed by atoms with Gasteiger partial charge < -0.3 is 9.47 Å². The SMILES string of the molecule is CC(C)(C)OC(=O)N1CCOC[C@H]1c1ccccc1. The maximum atomic E-state index is 12.2. The third-order valence-corrected chi connectivity index (χ3v) is 2.94. The Labute approximate surface area is 114 Å². The fraction of sp³-hybridized carbons (Fsp3) is 0.533. The molecule has 0 aromatic heterocycles. The summed E-state index contributed by atoms with van der Waals surface area (Å²) in [5, 5.41) is 0. The van der Waals surface area contributed by atoms with Crippen molar-refractivity contribution in [3.8, 4) is 0 Å². The Hall–Kier alpha value is -1.55. The second kappa shape index (κ2) is 5.61. The van der Waals surface area contributed by atoms with E-state index in [-0.39, 0.29) is 12.1 Å². The lowest BCUT2D eigenvalue weighted by atomic mass is 10.1. The van der Waals surface area contributed by atoms with Crippen LogP contribution in [0.4, 0.5) is 4.79 Å². The quantitative estimate of drug-likeness (QED) is 0.782. The molecule has 1 aliphatic rings. The Morgan fingerprint density at radius 1 is 1.32 bits per heavy atom. The molecule has 4 nitrogen and oxygen atoms in total. The number of carbonyl (C=O) groups is 1. The van der Waals surface area contributed by atoms with Gasteiger partial charge in [0.25, 0.3) is 0 Å². The number of benzene rings is 1. The van der Waals surface area contributed by atoms with Gasteiger partial charge >= 0.3 is 6.09 Å². The summed E-state index contributed by atoms with van der Waals surface area (Å²) in [5.74, 6) is 0. The van der Waals surface area contributed by atoms with Crippen LogP contribution in [-0.4, -0.2) is 36.4 Å². The molecular weight excluding hydrogens is 242 g/mol. The molecule has 1 fully saturated rings. The number of carbonyl (C=O) groups excluding carboxylic acids is 1. The molecule has 4 heteroatoms. The molecule has 0 spiro atoms. The van der Waals surface area contributed by atoms with E-state index < -0.39 is 5.60 Å². The van der Waals surface area contributed by atoms with Crippen LogP contribution in [-0.2, 0) is 9.47 Å². The molecule has 1 atom stereocenters. The fourth-order valence-electron chi connectivity index (χ4n) is 2.09. The topological polar surface area (TPSA) is 38.8 Å². The molecular formula is C15H21NO3. The van der Waals surface area contributed by atoms with Gasteiger partial charge in [0.2, 0.25) is 0 Å². The van der Waals surface area contributed by atoms with Crippen molar-refractivity contribution in [3.63, 3.8) is 0 Å². The summed E-state index contributed by atoms with van der Waals surface area (Å²) in [5.41, 5.74) is 0.601. The Kier molecular flexibility index (Phi) is 4.10. The zero-order chi connectivity index (χ0) is 13.9. The van der Waals surface area contributed by atoms with Crippen molar-refractivity contribution >= 4 is 6.09 Å². The highest BCUT2D eigenvalue weighted by Crippen LogP contribution is 2.25. The molecule has 104 valence electrons. The second-order valence-corrected chi connectivity index (χ2v) is 5.68. The van der Waals surface area contributed by atoms with E-state index in [1.807, 2.05) is 51.1 Å². The van der Waals surface area contributed by atoms with Gasteiger partial charge in [0, 0.05) is 6.54 Å². The van der Waals surface area contributed by atoms with Gasteiger partial charge in [-0.05, 0) is 26.3 Å². The maximum absolute atomic E-state index is 12.2. The van der Waals surface area contributed by atoms with E-state index in [0.29, 0.717) is 19.8 Å². The summed E-state index contributed by atoms with van der Waals surface area (Å²) < 4.78 is 11.0. The molecule has 1 saturated heterocycles. The first-order chi connectivity index (χ1) is 8.97. The number of ether oxygens (including phenoxy) is 2. The van der Waals surface area contributed by atoms with Gasteiger partial charge in [-0.3, -0.25) is 4.90 Å². The predicted molar refractivity (Wildman–Crippen MR) is 72.9 cm³/mol. The van der Waals surface area contributed by atoms with E-state index in [0.717, 1.165) is 5.56 Å². The number of nitrogens with zero attached hydrogens (tertiary/aromatic N) is 1. The molecule has 1 aromatic carbocycles. The van der Waals surface area contributed by atoms with Crippen molar-refractivity contribution in [2.75, 3.05) is 19.8 Å². The average molecular weight is 263 g/mol. The van der Waals surface area contributed by atoms with Crippen molar-refractivity contribution in [3.05, 3.63) is 35.9 Å².